The normalized spacial score (nSPS) is 12.7. The van der Waals surface area contributed by atoms with Crippen LogP contribution >= 0.6 is 27.5 Å². The topological polar surface area (TPSA) is 84.9 Å². The van der Waals surface area contributed by atoms with E-state index < -0.39 is 22.5 Å². The fourth-order valence-corrected chi connectivity index (χ4v) is 3.62. The third-order valence-electron chi connectivity index (χ3n) is 3.54. The van der Waals surface area contributed by atoms with Gasteiger partial charge >= 0.3 is 0 Å². The van der Waals surface area contributed by atoms with Gasteiger partial charge in [-0.2, -0.15) is 0 Å². The lowest BCUT2D eigenvalue weighted by Gasteiger charge is -2.22. The van der Waals surface area contributed by atoms with Crippen LogP contribution in [0.2, 0.25) is 5.02 Å². The smallest absolute Gasteiger partial charge is 0.245 e. The van der Waals surface area contributed by atoms with Crippen LogP contribution in [0.1, 0.15) is 0 Å². The van der Waals surface area contributed by atoms with Crippen molar-refractivity contribution >= 4 is 54.8 Å². The van der Waals surface area contributed by atoms with E-state index in [1.54, 1.807) is 30.3 Å². The fourth-order valence-electron chi connectivity index (χ4n) is 2.35. The Morgan fingerprint density at radius 3 is 2.65 bits per heavy atom. The minimum atomic E-state index is -3.70. The quantitative estimate of drug-likeness (QED) is 0.739. The third kappa shape index (κ3) is 4.22. The number of rotatable bonds is 5. The second-order valence-electron chi connectivity index (χ2n) is 5.48. The molecule has 10 heteroatoms. The third-order valence-corrected chi connectivity index (χ3v) is 5.91. The summed E-state index contributed by atoms with van der Waals surface area (Å²) in [6.07, 6.45) is 1.03. The van der Waals surface area contributed by atoms with Crippen LogP contribution in [0.4, 0.5) is 11.4 Å². The Kier molecular flexibility index (Phi) is 5.31. The van der Waals surface area contributed by atoms with Crippen LogP contribution in [0.3, 0.4) is 0 Å². The number of benzene rings is 2. The van der Waals surface area contributed by atoms with Gasteiger partial charge in [-0.3, -0.25) is 9.10 Å². The molecule has 138 valence electrons. The molecule has 1 aliphatic heterocycles. The molecule has 0 aliphatic carbocycles. The predicted octanol–water partition coefficient (Wildman–Crippen LogP) is 3.24. The molecule has 1 amide bonds. The van der Waals surface area contributed by atoms with Crippen LogP contribution in [0.25, 0.3) is 0 Å². The monoisotopic (exact) mass is 460 g/mol. The first-order valence-corrected chi connectivity index (χ1v) is 10.4. The number of carbonyl (C=O) groups is 1. The van der Waals surface area contributed by atoms with Crippen LogP contribution < -0.4 is 19.1 Å². The van der Waals surface area contributed by atoms with E-state index in [4.69, 9.17) is 21.1 Å². The summed E-state index contributed by atoms with van der Waals surface area (Å²) >= 11 is 9.26. The van der Waals surface area contributed by atoms with Crippen molar-refractivity contribution in [2.24, 2.45) is 0 Å². The van der Waals surface area contributed by atoms with E-state index in [0.717, 1.165) is 10.6 Å². The van der Waals surface area contributed by atoms with Gasteiger partial charge in [0.25, 0.3) is 0 Å². The Morgan fingerprint density at radius 1 is 1.23 bits per heavy atom. The largest absolute Gasteiger partial charge is 0.454 e. The van der Waals surface area contributed by atoms with Crippen molar-refractivity contribution < 1.29 is 22.7 Å². The van der Waals surface area contributed by atoms with Gasteiger partial charge in [0.05, 0.1) is 17.0 Å². The summed E-state index contributed by atoms with van der Waals surface area (Å²) < 4.78 is 36.5. The van der Waals surface area contributed by atoms with Gasteiger partial charge in [-0.25, -0.2) is 8.42 Å². The molecule has 0 saturated heterocycles. The van der Waals surface area contributed by atoms with Gasteiger partial charge in [0.1, 0.15) is 6.54 Å². The number of ether oxygens (including phenoxy) is 2. The molecule has 2 aromatic carbocycles. The van der Waals surface area contributed by atoms with Crippen molar-refractivity contribution in [3.63, 3.8) is 0 Å². The highest BCUT2D eigenvalue weighted by Crippen LogP contribution is 2.36. The molecule has 1 N–H and O–H groups in total. The van der Waals surface area contributed by atoms with Crippen molar-refractivity contribution in [2.45, 2.75) is 0 Å². The summed E-state index contributed by atoms with van der Waals surface area (Å²) in [6.45, 7) is -0.325. The molecule has 0 unspecified atom stereocenters. The van der Waals surface area contributed by atoms with Crippen molar-refractivity contribution in [1.82, 2.24) is 0 Å². The van der Waals surface area contributed by atoms with E-state index in [9.17, 15) is 13.2 Å². The van der Waals surface area contributed by atoms with Crippen molar-refractivity contribution in [1.29, 1.82) is 0 Å². The lowest BCUT2D eigenvalue weighted by Crippen LogP contribution is -2.37. The standard InChI is InChI=1S/C16H14BrClN2O5S/c1-26(22,23)20(11-3-5-14-15(7-11)25-9-24-14)8-16(21)19-10-2-4-12(17)13(18)6-10/h2-7H,8-9H2,1H3,(H,19,21). The molecule has 2 aromatic rings. The summed E-state index contributed by atoms with van der Waals surface area (Å²) in [4.78, 5) is 12.3. The highest BCUT2D eigenvalue weighted by molar-refractivity contribution is 9.10. The van der Waals surface area contributed by atoms with Crippen molar-refractivity contribution in [3.8, 4) is 11.5 Å². The number of amides is 1. The number of carbonyl (C=O) groups excluding carboxylic acids is 1. The van der Waals surface area contributed by atoms with Crippen LogP contribution in [0.15, 0.2) is 40.9 Å². The van der Waals surface area contributed by atoms with Gasteiger partial charge < -0.3 is 14.8 Å². The molecular formula is C16H14BrClN2O5S. The fraction of sp³-hybridized carbons (Fsp3) is 0.188. The van der Waals surface area contributed by atoms with Gasteiger partial charge in [0, 0.05) is 16.2 Å². The van der Waals surface area contributed by atoms with Gasteiger partial charge in [0.15, 0.2) is 11.5 Å². The van der Waals surface area contributed by atoms with Gasteiger partial charge in [-0.15, -0.1) is 0 Å². The first kappa shape index (κ1) is 18.8. The molecule has 0 bridgehead atoms. The second kappa shape index (κ2) is 7.34. The van der Waals surface area contributed by atoms with Crippen molar-refractivity contribution in [2.75, 3.05) is 29.2 Å². The van der Waals surface area contributed by atoms with E-state index in [-0.39, 0.29) is 6.79 Å². The van der Waals surface area contributed by atoms with Gasteiger partial charge in [-0.1, -0.05) is 11.6 Å². The number of hydrogen-bond acceptors (Lipinski definition) is 5. The maximum absolute atomic E-state index is 12.3. The molecule has 26 heavy (non-hydrogen) atoms. The molecule has 0 atom stereocenters. The minimum absolute atomic E-state index is 0.0719. The Labute approximate surface area is 164 Å². The number of halogens is 2. The molecule has 0 radical (unpaired) electrons. The van der Waals surface area contributed by atoms with Gasteiger partial charge in [-0.05, 0) is 46.3 Å². The molecule has 0 fully saturated rings. The summed E-state index contributed by atoms with van der Waals surface area (Å²) in [5.41, 5.74) is 0.767. The van der Waals surface area contributed by atoms with Crippen LogP contribution in [0.5, 0.6) is 11.5 Å². The van der Waals surface area contributed by atoms with Crippen LogP contribution in [0, 0.1) is 0 Å². The Morgan fingerprint density at radius 2 is 1.96 bits per heavy atom. The maximum Gasteiger partial charge on any atom is 0.245 e. The average Bonchev–Trinajstić information content (AvgIpc) is 3.02. The summed E-state index contributed by atoms with van der Waals surface area (Å²) in [5, 5.41) is 3.06. The Balaban J connectivity index is 1.80. The van der Waals surface area contributed by atoms with Gasteiger partial charge in [0.2, 0.25) is 22.7 Å². The molecular weight excluding hydrogens is 448 g/mol. The number of sulfonamides is 1. The number of hydrogen-bond donors (Lipinski definition) is 1. The Bertz CT molecular complexity index is 967. The van der Waals surface area contributed by atoms with Crippen molar-refractivity contribution in [3.05, 3.63) is 45.9 Å². The summed E-state index contributed by atoms with van der Waals surface area (Å²) in [5.74, 6) is 0.443. The number of nitrogens with zero attached hydrogens (tertiary/aromatic N) is 1. The number of anilines is 2. The zero-order valence-corrected chi connectivity index (χ0v) is 16.7. The highest BCUT2D eigenvalue weighted by atomic mass is 79.9. The van der Waals surface area contributed by atoms with E-state index in [1.807, 2.05) is 0 Å². The molecule has 0 spiro atoms. The summed E-state index contributed by atoms with van der Waals surface area (Å²) in [7, 11) is -3.70. The molecule has 1 aliphatic rings. The van der Waals surface area contributed by atoms with E-state index in [1.165, 1.54) is 6.07 Å². The zero-order chi connectivity index (χ0) is 18.9. The van der Waals surface area contributed by atoms with Crippen LogP contribution in [-0.4, -0.2) is 33.9 Å². The average molecular weight is 462 g/mol. The lowest BCUT2D eigenvalue weighted by atomic mass is 10.2. The Hall–Kier alpha value is -1.97. The number of fused-ring (bicyclic) bond motifs is 1. The first-order valence-electron chi connectivity index (χ1n) is 7.36. The minimum Gasteiger partial charge on any atom is -0.454 e. The maximum atomic E-state index is 12.3. The zero-order valence-electron chi connectivity index (χ0n) is 13.5. The predicted molar refractivity (Wildman–Crippen MR) is 103 cm³/mol. The summed E-state index contributed by atoms with van der Waals surface area (Å²) in [6, 6.07) is 9.58. The molecule has 0 aromatic heterocycles. The van der Waals surface area contributed by atoms with Crippen LogP contribution in [-0.2, 0) is 14.8 Å². The van der Waals surface area contributed by atoms with E-state index >= 15 is 0 Å². The lowest BCUT2D eigenvalue weighted by molar-refractivity contribution is -0.114. The highest BCUT2D eigenvalue weighted by Gasteiger charge is 2.24. The molecule has 3 rings (SSSR count). The van der Waals surface area contributed by atoms with E-state index in [2.05, 4.69) is 21.2 Å². The molecule has 7 nitrogen and oxygen atoms in total. The second-order valence-corrected chi connectivity index (χ2v) is 8.65. The number of nitrogens with one attached hydrogen (secondary N) is 1. The molecule has 1 heterocycles. The molecule has 0 saturated carbocycles. The first-order chi connectivity index (χ1) is 12.2. The van der Waals surface area contributed by atoms with E-state index in [0.29, 0.717) is 32.4 Å². The SMILES string of the molecule is CS(=O)(=O)N(CC(=O)Nc1ccc(Br)c(Cl)c1)c1ccc2c(c1)OCO2.